The number of amides is 1. The molecule has 1 aromatic heterocycles. The van der Waals surface area contributed by atoms with E-state index in [0.717, 1.165) is 5.56 Å². The van der Waals surface area contributed by atoms with Crippen LogP contribution in [0.1, 0.15) is 16.9 Å². The molecule has 0 radical (unpaired) electrons. The highest BCUT2D eigenvalue weighted by atomic mass is 35.5. The third kappa shape index (κ3) is 3.64. The van der Waals surface area contributed by atoms with Crippen LogP contribution in [-0.4, -0.2) is 5.91 Å². The molecule has 2 aromatic rings. The minimum atomic E-state index is -0.0358. The molecule has 0 spiro atoms. The summed E-state index contributed by atoms with van der Waals surface area (Å²) in [5, 5.41) is 3.12. The van der Waals surface area contributed by atoms with E-state index in [-0.39, 0.29) is 5.91 Å². The predicted octanol–water partition coefficient (Wildman–Crippen LogP) is 3.10. The molecular formula is C14H14ClNO2. The average Bonchev–Trinajstić information content (AvgIpc) is 2.76. The predicted molar refractivity (Wildman–Crippen MR) is 70.4 cm³/mol. The van der Waals surface area contributed by atoms with E-state index in [1.165, 1.54) is 5.56 Å². The van der Waals surface area contributed by atoms with Gasteiger partial charge in [0.2, 0.25) is 5.91 Å². The second-order valence-corrected chi connectivity index (χ2v) is 4.52. The third-order valence-electron chi connectivity index (χ3n) is 2.57. The molecule has 0 unspecified atom stereocenters. The van der Waals surface area contributed by atoms with Crippen molar-refractivity contribution in [3.63, 3.8) is 0 Å². The first-order chi connectivity index (χ1) is 8.63. The lowest BCUT2D eigenvalue weighted by Crippen LogP contribution is -2.24. The molecule has 2 rings (SSSR count). The summed E-state index contributed by atoms with van der Waals surface area (Å²) in [5.74, 6) is 0.614. The summed E-state index contributed by atoms with van der Waals surface area (Å²) in [5.41, 5.74) is 2.18. The Labute approximate surface area is 111 Å². The SMILES string of the molecule is Cc1ccc(CC(=O)NCc2ccc(Cl)o2)cc1. The van der Waals surface area contributed by atoms with Crippen LogP contribution < -0.4 is 5.32 Å². The summed E-state index contributed by atoms with van der Waals surface area (Å²) in [6.07, 6.45) is 0.370. The zero-order valence-electron chi connectivity index (χ0n) is 10.1. The monoisotopic (exact) mass is 263 g/mol. The fourth-order valence-corrected chi connectivity index (χ4v) is 1.75. The lowest BCUT2D eigenvalue weighted by molar-refractivity contribution is -0.120. The van der Waals surface area contributed by atoms with Crippen molar-refractivity contribution in [3.8, 4) is 0 Å². The molecule has 18 heavy (non-hydrogen) atoms. The standard InChI is InChI=1S/C14H14ClNO2/c1-10-2-4-11(5-3-10)8-14(17)16-9-12-6-7-13(15)18-12/h2-7H,8-9H2,1H3,(H,16,17). The van der Waals surface area contributed by atoms with Gasteiger partial charge in [0.05, 0.1) is 13.0 Å². The Bertz CT molecular complexity index is 531. The maximum atomic E-state index is 11.7. The van der Waals surface area contributed by atoms with Gasteiger partial charge in [-0.1, -0.05) is 29.8 Å². The number of nitrogens with one attached hydrogen (secondary N) is 1. The van der Waals surface area contributed by atoms with Crippen LogP contribution in [0.5, 0.6) is 0 Å². The first-order valence-electron chi connectivity index (χ1n) is 5.70. The van der Waals surface area contributed by atoms with Crippen LogP contribution in [0.15, 0.2) is 40.8 Å². The first kappa shape index (κ1) is 12.7. The van der Waals surface area contributed by atoms with E-state index >= 15 is 0 Å². The van der Waals surface area contributed by atoms with Crippen LogP contribution in [0.4, 0.5) is 0 Å². The maximum absolute atomic E-state index is 11.7. The number of halogens is 1. The molecule has 1 N–H and O–H groups in total. The summed E-state index contributed by atoms with van der Waals surface area (Å²) >= 11 is 5.64. The number of rotatable bonds is 4. The molecule has 0 aliphatic rings. The Morgan fingerprint density at radius 3 is 2.56 bits per heavy atom. The fraction of sp³-hybridized carbons (Fsp3) is 0.214. The number of hydrogen-bond acceptors (Lipinski definition) is 2. The zero-order chi connectivity index (χ0) is 13.0. The number of aryl methyl sites for hydroxylation is 1. The molecule has 0 saturated heterocycles. The first-order valence-corrected chi connectivity index (χ1v) is 6.08. The highest BCUT2D eigenvalue weighted by Crippen LogP contribution is 2.12. The van der Waals surface area contributed by atoms with E-state index < -0.39 is 0 Å². The smallest absolute Gasteiger partial charge is 0.224 e. The van der Waals surface area contributed by atoms with Gasteiger partial charge in [0, 0.05) is 0 Å². The molecule has 1 amide bonds. The van der Waals surface area contributed by atoms with Crippen molar-refractivity contribution in [1.29, 1.82) is 0 Å². The lowest BCUT2D eigenvalue weighted by atomic mass is 10.1. The fourth-order valence-electron chi connectivity index (χ4n) is 1.59. The van der Waals surface area contributed by atoms with Crippen molar-refractivity contribution in [2.45, 2.75) is 19.9 Å². The topological polar surface area (TPSA) is 42.2 Å². The van der Waals surface area contributed by atoms with Crippen LogP contribution in [0, 0.1) is 6.92 Å². The Morgan fingerprint density at radius 1 is 1.22 bits per heavy atom. The molecular weight excluding hydrogens is 250 g/mol. The highest BCUT2D eigenvalue weighted by molar-refractivity contribution is 6.28. The van der Waals surface area contributed by atoms with Crippen LogP contribution in [0.25, 0.3) is 0 Å². The van der Waals surface area contributed by atoms with Gasteiger partial charge >= 0.3 is 0 Å². The normalized spacial score (nSPS) is 10.3. The highest BCUT2D eigenvalue weighted by Gasteiger charge is 2.05. The lowest BCUT2D eigenvalue weighted by Gasteiger charge is -2.03. The molecule has 0 atom stereocenters. The molecule has 0 aliphatic heterocycles. The minimum absolute atomic E-state index is 0.0358. The second-order valence-electron chi connectivity index (χ2n) is 4.14. The van der Waals surface area contributed by atoms with Crippen LogP contribution in [0.3, 0.4) is 0 Å². The number of furan rings is 1. The van der Waals surface area contributed by atoms with Crippen molar-refractivity contribution in [1.82, 2.24) is 5.32 Å². The molecule has 1 aromatic carbocycles. The zero-order valence-corrected chi connectivity index (χ0v) is 10.8. The summed E-state index contributed by atoms with van der Waals surface area (Å²) in [6.45, 7) is 2.38. The van der Waals surface area contributed by atoms with E-state index in [9.17, 15) is 4.79 Å². The quantitative estimate of drug-likeness (QED) is 0.921. The molecule has 0 fully saturated rings. The van der Waals surface area contributed by atoms with Gasteiger partial charge in [0.15, 0.2) is 5.22 Å². The van der Waals surface area contributed by atoms with E-state index in [4.69, 9.17) is 16.0 Å². The van der Waals surface area contributed by atoms with Crippen molar-refractivity contribution >= 4 is 17.5 Å². The molecule has 4 heteroatoms. The largest absolute Gasteiger partial charge is 0.448 e. The maximum Gasteiger partial charge on any atom is 0.224 e. The van der Waals surface area contributed by atoms with Crippen LogP contribution in [-0.2, 0) is 17.8 Å². The van der Waals surface area contributed by atoms with Gasteiger partial charge in [-0.05, 0) is 36.2 Å². The van der Waals surface area contributed by atoms with E-state index in [1.54, 1.807) is 12.1 Å². The summed E-state index contributed by atoms with van der Waals surface area (Å²) in [4.78, 5) is 11.7. The second kappa shape index (κ2) is 5.74. The number of carbonyl (C=O) groups is 1. The van der Waals surface area contributed by atoms with Crippen LogP contribution in [0.2, 0.25) is 5.22 Å². The van der Waals surface area contributed by atoms with Crippen molar-refractivity contribution in [3.05, 3.63) is 58.5 Å². The van der Waals surface area contributed by atoms with Gasteiger partial charge in [0.25, 0.3) is 0 Å². The van der Waals surface area contributed by atoms with Gasteiger partial charge in [0.1, 0.15) is 5.76 Å². The van der Waals surface area contributed by atoms with Crippen LogP contribution >= 0.6 is 11.6 Å². The van der Waals surface area contributed by atoms with Crippen molar-refractivity contribution in [2.75, 3.05) is 0 Å². The van der Waals surface area contributed by atoms with E-state index in [1.807, 2.05) is 31.2 Å². The third-order valence-corrected chi connectivity index (χ3v) is 2.78. The summed E-state index contributed by atoms with van der Waals surface area (Å²) in [7, 11) is 0. The Hall–Kier alpha value is -1.74. The molecule has 94 valence electrons. The van der Waals surface area contributed by atoms with E-state index in [0.29, 0.717) is 23.9 Å². The van der Waals surface area contributed by atoms with Gasteiger partial charge in [-0.2, -0.15) is 0 Å². The molecule has 0 bridgehead atoms. The van der Waals surface area contributed by atoms with Gasteiger partial charge < -0.3 is 9.73 Å². The summed E-state index contributed by atoms with van der Waals surface area (Å²) < 4.78 is 5.15. The Balaban J connectivity index is 1.83. The summed E-state index contributed by atoms with van der Waals surface area (Å²) in [6, 6.07) is 11.3. The van der Waals surface area contributed by atoms with E-state index in [2.05, 4.69) is 5.32 Å². The average molecular weight is 264 g/mol. The molecule has 1 heterocycles. The van der Waals surface area contributed by atoms with Crippen molar-refractivity contribution < 1.29 is 9.21 Å². The molecule has 0 aliphatic carbocycles. The Morgan fingerprint density at radius 2 is 1.94 bits per heavy atom. The Kier molecular flexibility index (Phi) is 4.05. The molecule has 0 saturated carbocycles. The number of benzene rings is 1. The number of hydrogen-bond donors (Lipinski definition) is 1. The minimum Gasteiger partial charge on any atom is -0.448 e. The van der Waals surface area contributed by atoms with Gasteiger partial charge in [-0.3, -0.25) is 4.79 Å². The number of carbonyl (C=O) groups excluding carboxylic acids is 1. The molecule has 3 nitrogen and oxygen atoms in total. The van der Waals surface area contributed by atoms with Gasteiger partial charge in [-0.25, -0.2) is 0 Å². The van der Waals surface area contributed by atoms with Crippen molar-refractivity contribution in [2.24, 2.45) is 0 Å². The van der Waals surface area contributed by atoms with Gasteiger partial charge in [-0.15, -0.1) is 0 Å².